The number of rotatable bonds is 5. The molecule has 5 heteroatoms. The van der Waals surface area contributed by atoms with E-state index in [9.17, 15) is 9.59 Å². The molecule has 0 atom stereocenters. The average molecular weight is 492 g/mol. The zero-order valence-electron chi connectivity index (χ0n) is 21.8. The van der Waals surface area contributed by atoms with Crippen LogP contribution in [-0.4, -0.2) is 34.3 Å². The van der Waals surface area contributed by atoms with Gasteiger partial charge in [-0.1, -0.05) is 86.0 Å². The van der Waals surface area contributed by atoms with E-state index in [-0.39, 0.29) is 11.8 Å². The molecule has 5 rings (SSSR count). The number of hydrogen-bond donors (Lipinski definition) is 1. The maximum absolute atomic E-state index is 14.3. The number of nitrogens with zero attached hydrogens (tertiary/aromatic N) is 2. The predicted octanol–water partition coefficient (Wildman–Crippen LogP) is 6.93. The number of carbonyl (C=O) groups is 2. The van der Waals surface area contributed by atoms with E-state index < -0.39 is 5.54 Å². The third kappa shape index (κ3) is 4.62. The number of aryl methyl sites for hydroxylation is 2. The summed E-state index contributed by atoms with van der Waals surface area (Å²) in [5, 5.41) is 4.00. The van der Waals surface area contributed by atoms with Gasteiger partial charge < -0.3 is 10.2 Å². The van der Waals surface area contributed by atoms with Crippen LogP contribution in [0, 0.1) is 13.8 Å². The first-order chi connectivity index (χ1) is 17.9. The Morgan fingerprint density at radius 1 is 0.838 bits per heavy atom. The van der Waals surface area contributed by atoms with Crippen LogP contribution in [0.25, 0.3) is 22.2 Å². The third-order valence-electron chi connectivity index (χ3n) is 7.79. The number of aromatic nitrogens is 1. The smallest absolute Gasteiger partial charge is 0.255 e. The van der Waals surface area contributed by atoms with Crippen molar-refractivity contribution in [1.82, 2.24) is 9.88 Å². The van der Waals surface area contributed by atoms with Gasteiger partial charge in [-0.15, -0.1) is 0 Å². The Labute approximate surface area is 218 Å². The monoisotopic (exact) mass is 491 g/mol. The van der Waals surface area contributed by atoms with Crippen LogP contribution in [0.1, 0.15) is 53.6 Å². The molecule has 5 nitrogen and oxygen atoms in total. The Bertz CT molecular complexity index is 1440. The molecule has 0 unspecified atom stereocenters. The second-order valence-electron chi connectivity index (χ2n) is 10.1. The van der Waals surface area contributed by atoms with Crippen LogP contribution in [0.15, 0.2) is 78.9 Å². The number of benzene rings is 3. The Morgan fingerprint density at radius 3 is 2.19 bits per heavy atom. The largest absolute Gasteiger partial charge is 0.327 e. The second kappa shape index (κ2) is 10.2. The Kier molecular flexibility index (Phi) is 6.79. The number of pyridine rings is 1. The molecule has 2 amide bonds. The molecule has 0 aliphatic heterocycles. The minimum atomic E-state index is -0.915. The fraction of sp³-hybridized carbons (Fsp3) is 0.281. The van der Waals surface area contributed by atoms with E-state index >= 15 is 0 Å². The van der Waals surface area contributed by atoms with E-state index in [0.29, 0.717) is 18.4 Å². The minimum Gasteiger partial charge on any atom is -0.327 e. The Balaban J connectivity index is 1.57. The molecular weight excluding hydrogens is 458 g/mol. The van der Waals surface area contributed by atoms with Crippen LogP contribution in [0.5, 0.6) is 0 Å². The molecule has 1 aromatic heterocycles. The molecular formula is C32H33N3O2. The lowest BCUT2D eigenvalue weighted by Crippen LogP contribution is -2.58. The first-order valence-corrected chi connectivity index (χ1v) is 13.0. The van der Waals surface area contributed by atoms with E-state index in [1.54, 1.807) is 11.9 Å². The van der Waals surface area contributed by atoms with Gasteiger partial charge in [0, 0.05) is 23.7 Å². The van der Waals surface area contributed by atoms with Crippen molar-refractivity contribution in [3.63, 3.8) is 0 Å². The van der Waals surface area contributed by atoms with Crippen molar-refractivity contribution in [3.8, 4) is 11.3 Å². The van der Waals surface area contributed by atoms with E-state index in [4.69, 9.17) is 4.98 Å². The van der Waals surface area contributed by atoms with E-state index in [0.717, 1.165) is 58.2 Å². The summed E-state index contributed by atoms with van der Waals surface area (Å²) in [6.07, 6.45) is 4.16. The Hall–Kier alpha value is -3.99. The van der Waals surface area contributed by atoms with Crippen LogP contribution in [-0.2, 0) is 4.79 Å². The van der Waals surface area contributed by atoms with E-state index in [2.05, 4.69) is 5.32 Å². The van der Waals surface area contributed by atoms with E-state index in [1.807, 2.05) is 92.7 Å². The van der Waals surface area contributed by atoms with Gasteiger partial charge in [0.2, 0.25) is 5.91 Å². The maximum atomic E-state index is 14.3. The molecule has 1 N–H and O–H groups in total. The van der Waals surface area contributed by atoms with Gasteiger partial charge in [0.25, 0.3) is 5.91 Å². The summed E-state index contributed by atoms with van der Waals surface area (Å²) in [6.45, 7) is 4.00. The summed E-state index contributed by atoms with van der Waals surface area (Å²) < 4.78 is 0. The van der Waals surface area contributed by atoms with Gasteiger partial charge in [0.15, 0.2) is 0 Å². The number of anilines is 1. The number of para-hydroxylation sites is 2. The van der Waals surface area contributed by atoms with Crippen molar-refractivity contribution in [2.45, 2.75) is 51.5 Å². The predicted molar refractivity (Wildman–Crippen MR) is 150 cm³/mol. The van der Waals surface area contributed by atoms with Crippen LogP contribution >= 0.6 is 0 Å². The van der Waals surface area contributed by atoms with E-state index in [1.165, 1.54) is 0 Å². The van der Waals surface area contributed by atoms with Gasteiger partial charge in [-0.3, -0.25) is 9.59 Å². The molecule has 188 valence electrons. The summed E-state index contributed by atoms with van der Waals surface area (Å²) in [5.41, 5.74) is 4.97. The molecule has 1 saturated carbocycles. The lowest BCUT2D eigenvalue weighted by Gasteiger charge is -2.43. The fourth-order valence-electron chi connectivity index (χ4n) is 5.58. The summed E-state index contributed by atoms with van der Waals surface area (Å²) in [5.74, 6) is -0.267. The number of fused-ring (bicyclic) bond motifs is 1. The highest BCUT2D eigenvalue weighted by molar-refractivity contribution is 6.10. The van der Waals surface area contributed by atoms with Gasteiger partial charge in [-0.05, 0) is 49.9 Å². The summed E-state index contributed by atoms with van der Waals surface area (Å²) in [4.78, 5) is 34.8. The molecule has 1 heterocycles. The first-order valence-electron chi connectivity index (χ1n) is 13.0. The number of nitrogens with one attached hydrogen (secondary N) is 1. The highest BCUT2D eigenvalue weighted by atomic mass is 16.2. The summed E-state index contributed by atoms with van der Waals surface area (Å²) >= 11 is 0. The number of likely N-dealkylation sites (N-methyl/N-ethyl adjacent to an activating group) is 1. The quantitative estimate of drug-likeness (QED) is 0.329. The lowest BCUT2D eigenvalue weighted by atomic mass is 9.79. The van der Waals surface area contributed by atoms with Crippen molar-refractivity contribution < 1.29 is 9.59 Å². The van der Waals surface area contributed by atoms with Gasteiger partial charge >= 0.3 is 0 Å². The van der Waals surface area contributed by atoms with Crippen molar-refractivity contribution in [1.29, 1.82) is 0 Å². The maximum Gasteiger partial charge on any atom is 0.255 e. The molecule has 1 aliphatic carbocycles. The van der Waals surface area contributed by atoms with Gasteiger partial charge in [0.1, 0.15) is 5.54 Å². The zero-order valence-corrected chi connectivity index (χ0v) is 21.8. The number of amides is 2. The second-order valence-corrected chi connectivity index (χ2v) is 10.1. The van der Waals surface area contributed by atoms with Gasteiger partial charge in [0.05, 0.1) is 16.8 Å². The summed E-state index contributed by atoms with van der Waals surface area (Å²) in [6, 6.07) is 25.5. The van der Waals surface area contributed by atoms with Crippen molar-refractivity contribution >= 4 is 28.4 Å². The van der Waals surface area contributed by atoms with Crippen LogP contribution in [0.4, 0.5) is 5.69 Å². The molecule has 3 aromatic carbocycles. The van der Waals surface area contributed by atoms with Crippen molar-refractivity contribution in [2.75, 3.05) is 12.4 Å². The normalized spacial score (nSPS) is 14.8. The number of carbonyl (C=O) groups excluding carboxylic acids is 2. The molecule has 37 heavy (non-hydrogen) atoms. The molecule has 4 aromatic rings. The molecule has 0 bridgehead atoms. The SMILES string of the molecule is Cc1cccc(C)c1NC(=O)C1(N(C)C(=O)c2cc(-c3ccccc3)nc3ccccc23)CCCCC1. The highest BCUT2D eigenvalue weighted by Crippen LogP contribution is 2.37. The third-order valence-corrected chi connectivity index (χ3v) is 7.79. The lowest BCUT2D eigenvalue weighted by molar-refractivity contribution is -0.128. The van der Waals surface area contributed by atoms with Crippen molar-refractivity contribution in [2.24, 2.45) is 0 Å². The standard InChI is InChI=1S/C32H33N3O2/c1-22-13-12-14-23(2)29(22)34-31(37)32(19-10-5-11-20-32)35(3)30(36)26-21-28(24-15-6-4-7-16-24)33-27-18-9-8-17-25(26)27/h4,6-9,12-18,21H,5,10-11,19-20H2,1-3H3,(H,34,37). The molecule has 0 saturated heterocycles. The average Bonchev–Trinajstić information content (AvgIpc) is 2.94. The minimum absolute atomic E-state index is 0.109. The molecule has 1 fully saturated rings. The topological polar surface area (TPSA) is 62.3 Å². The molecule has 1 aliphatic rings. The van der Waals surface area contributed by atoms with Crippen LogP contribution in [0.3, 0.4) is 0 Å². The fourth-order valence-corrected chi connectivity index (χ4v) is 5.58. The molecule has 0 radical (unpaired) electrons. The zero-order chi connectivity index (χ0) is 26.0. The molecule has 0 spiro atoms. The highest BCUT2D eigenvalue weighted by Gasteiger charge is 2.46. The summed E-state index contributed by atoms with van der Waals surface area (Å²) in [7, 11) is 1.79. The van der Waals surface area contributed by atoms with Crippen LogP contribution < -0.4 is 5.32 Å². The first kappa shape index (κ1) is 24.7. The van der Waals surface area contributed by atoms with Gasteiger partial charge in [-0.2, -0.15) is 0 Å². The Morgan fingerprint density at radius 2 is 1.49 bits per heavy atom. The van der Waals surface area contributed by atoms with Crippen LogP contribution in [0.2, 0.25) is 0 Å². The van der Waals surface area contributed by atoms with Crippen molar-refractivity contribution in [3.05, 3.63) is 95.6 Å². The number of hydrogen-bond acceptors (Lipinski definition) is 3. The van der Waals surface area contributed by atoms with Gasteiger partial charge in [-0.25, -0.2) is 4.98 Å².